The predicted octanol–water partition coefficient (Wildman–Crippen LogP) is 2.93. The van der Waals surface area contributed by atoms with Crippen molar-refractivity contribution in [3.8, 4) is 0 Å². The number of nitro groups is 1. The molecule has 0 aliphatic rings. The molecule has 21 heavy (non-hydrogen) atoms. The minimum Gasteiger partial charge on any atom is -0.477 e. The lowest BCUT2D eigenvalue weighted by Gasteiger charge is -2.06. The number of nitrogens with zero attached hydrogens (tertiary/aromatic N) is 2. The van der Waals surface area contributed by atoms with E-state index in [1.165, 1.54) is 35.2 Å². The van der Waals surface area contributed by atoms with Crippen molar-refractivity contribution in [1.82, 2.24) is 4.98 Å². The van der Waals surface area contributed by atoms with Gasteiger partial charge in [-0.05, 0) is 12.5 Å². The number of hydrogen-bond acceptors (Lipinski definition) is 7. The summed E-state index contributed by atoms with van der Waals surface area (Å²) in [6.45, 7) is 1.81. The van der Waals surface area contributed by atoms with Gasteiger partial charge in [-0.2, -0.15) is 0 Å². The molecule has 0 unspecified atom stereocenters. The van der Waals surface area contributed by atoms with Crippen molar-refractivity contribution in [3.05, 3.63) is 45.1 Å². The minimum absolute atomic E-state index is 0.273. The number of nitrogens with two attached hydrogens (primary N) is 1. The molecular weight excluding hydrogens is 314 g/mol. The molecular formula is C12H11N3O4S2. The predicted molar refractivity (Wildman–Crippen MR) is 80.9 cm³/mol. The Labute approximate surface area is 128 Å². The molecule has 3 N–H and O–H groups in total. The Morgan fingerprint density at radius 2 is 2.29 bits per heavy atom. The third kappa shape index (κ3) is 3.31. The molecule has 0 fully saturated rings. The highest BCUT2D eigenvalue weighted by atomic mass is 32.2. The van der Waals surface area contributed by atoms with Crippen LogP contribution in [0.2, 0.25) is 0 Å². The first-order valence-electron chi connectivity index (χ1n) is 5.75. The van der Waals surface area contributed by atoms with Gasteiger partial charge in [-0.1, -0.05) is 23.5 Å². The van der Waals surface area contributed by atoms with E-state index >= 15 is 0 Å². The molecule has 1 heterocycles. The van der Waals surface area contributed by atoms with Crippen LogP contribution in [-0.4, -0.2) is 21.0 Å². The largest absolute Gasteiger partial charge is 0.477 e. The Hall–Kier alpha value is -2.13. The third-order valence-electron chi connectivity index (χ3n) is 2.67. The number of aromatic carboxylic acids is 1. The van der Waals surface area contributed by atoms with Gasteiger partial charge in [0.1, 0.15) is 5.56 Å². The van der Waals surface area contributed by atoms with Crippen LogP contribution < -0.4 is 5.73 Å². The van der Waals surface area contributed by atoms with E-state index in [0.717, 1.165) is 9.90 Å². The average Bonchev–Trinajstić information content (AvgIpc) is 2.73. The lowest BCUT2D eigenvalue weighted by Crippen LogP contribution is -2.06. The van der Waals surface area contributed by atoms with Crippen LogP contribution in [0.3, 0.4) is 0 Å². The highest BCUT2D eigenvalue weighted by Gasteiger charge is 2.23. The Balaban J connectivity index is 2.32. The average molecular weight is 325 g/mol. The second kappa shape index (κ2) is 6.10. The van der Waals surface area contributed by atoms with Crippen LogP contribution in [0.4, 0.5) is 10.8 Å². The highest BCUT2D eigenvalue weighted by molar-refractivity contribution is 8.00. The Morgan fingerprint density at radius 1 is 1.57 bits per heavy atom. The normalized spacial score (nSPS) is 10.5. The minimum atomic E-state index is -1.31. The number of rotatable bonds is 5. The second-order valence-electron chi connectivity index (χ2n) is 4.09. The number of nitro benzene ring substituents is 1. The number of aryl methyl sites for hydroxylation is 1. The lowest BCUT2D eigenvalue weighted by atomic mass is 10.1. The molecule has 0 amide bonds. The molecule has 0 saturated heterocycles. The molecule has 7 nitrogen and oxygen atoms in total. The SMILES string of the molecule is Cc1nc(N)sc1SCc1cccc([N+](=O)[O-])c1C(=O)O. The van der Waals surface area contributed by atoms with Crippen molar-refractivity contribution in [2.75, 3.05) is 5.73 Å². The first-order chi connectivity index (χ1) is 9.90. The summed E-state index contributed by atoms with van der Waals surface area (Å²) in [6.07, 6.45) is 0. The summed E-state index contributed by atoms with van der Waals surface area (Å²) in [6, 6.07) is 4.24. The van der Waals surface area contributed by atoms with E-state index in [9.17, 15) is 20.0 Å². The van der Waals surface area contributed by atoms with Gasteiger partial charge in [0.25, 0.3) is 5.69 Å². The van der Waals surface area contributed by atoms with Crippen LogP contribution in [0.15, 0.2) is 22.4 Å². The van der Waals surface area contributed by atoms with Crippen LogP contribution >= 0.6 is 23.1 Å². The molecule has 0 aliphatic carbocycles. The molecule has 1 aromatic carbocycles. The van der Waals surface area contributed by atoms with E-state index in [-0.39, 0.29) is 5.56 Å². The van der Waals surface area contributed by atoms with Crippen LogP contribution in [0.1, 0.15) is 21.6 Å². The topological polar surface area (TPSA) is 119 Å². The fourth-order valence-corrected chi connectivity index (χ4v) is 3.80. The van der Waals surface area contributed by atoms with Gasteiger partial charge in [0, 0.05) is 11.8 Å². The molecule has 9 heteroatoms. The van der Waals surface area contributed by atoms with Gasteiger partial charge in [-0.3, -0.25) is 10.1 Å². The number of carbonyl (C=O) groups is 1. The summed E-state index contributed by atoms with van der Waals surface area (Å²) < 4.78 is 0.871. The number of hydrogen-bond donors (Lipinski definition) is 2. The van der Waals surface area contributed by atoms with E-state index in [0.29, 0.717) is 16.4 Å². The summed E-state index contributed by atoms with van der Waals surface area (Å²) in [7, 11) is 0. The first-order valence-corrected chi connectivity index (χ1v) is 7.55. The summed E-state index contributed by atoms with van der Waals surface area (Å²) in [5.41, 5.74) is 6.09. The van der Waals surface area contributed by atoms with Gasteiger partial charge in [-0.25, -0.2) is 9.78 Å². The van der Waals surface area contributed by atoms with Gasteiger partial charge in [0.05, 0.1) is 14.8 Å². The second-order valence-corrected chi connectivity index (χ2v) is 6.36. The third-order valence-corrected chi connectivity index (χ3v) is 5.07. The molecule has 2 rings (SSSR count). The van der Waals surface area contributed by atoms with Gasteiger partial charge >= 0.3 is 5.97 Å². The van der Waals surface area contributed by atoms with Crippen LogP contribution in [0, 0.1) is 17.0 Å². The highest BCUT2D eigenvalue weighted by Crippen LogP contribution is 2.34. The number of carboxylic acid groups (broad SMARTS) is 1. The first kappa shape index (κ1) is 15.3. The van der Waals surface area contributed by atoms with E-state index in [4.69, 9.17) is 5.73 Å². The number of nitrogen functional groups attached to an aromatic ring is 1. The van der Waals surface area contributed by atoms with Crippen molar-refractivity contribution < 1.29 is 14.8 Å². The Bertz CT molecular complexity index is 715. The van der Waals surface area contributed by atoms with Gasteiger partial charge in [0.15, 0.2) is 5.13 Å². The number of anilines is 1. The van der Waals surface area contributed by atoms with Gasteiger partial charge < -0.3 is 10.8 Å². The van der Waals surface area contributed by atoms with E-state index in [1.807, 2.05) is 0 Å². The molecule has 1 aromatic heterocycles. The zero-order chi connectivity index (χ0) is 15.6. The standard InChI is InChI=1S/C12H11N3O4S2/c1-6-11(21-12(13)14-6)20-5-7-3-2-4-8(15(18)19)9(7)10(16)17/h2-4H,5H2,1H3,(H2,13,14)(H,16,17). The summed E-state index contributed by atoms with van der Waals surface area (Å²) >= 11 is 2.67. The van der Waals surface area contributed by atoms with Crippen molar-refractivity contribution >= 4 is 39.9 Å². The quantitative estimate of drug-likeness (QED) is 0.492. The Kier molecular flexibility index (Phi) is 4.43. The molecule has 110 valence electrons. The van der Waals surface area contributed by atoms with Crippen molar-refractivity contribution in [2.24, 2.45) is 0 Å². The zero-order valence-corrected chi connectivity index (χ0v) is 12.5. The zero-order valence-electron chi connectivity index (χ0n) is 10.9. The lowest BCUT2D eigenvalue weighted by molar-refractivity contribution is -0.385. The molecule has 0 bridgehead atoms. The summed E-state index contributed by atoms with van der Waals surface area (Å²) in [4.78, 5) is 25.6. The molecule has 0 radical (unpaired) electrons. The van der Waals surface area contributed by atoms with Gasteiger partial charge in [0.2, 0.25) is 0 Å². The molecule has 0 aliphatic heterocycles. The molecule has 0 atom stereocenters. The maximum atomic E-state index is 11.3. The number of thiazole rings is 1. The number of carboxylic acids is 1. The van der Waals surface area contributed by atoms with Crippen molar-refractivity contribution in [2.45, 2.75) is 16.9 Å². The maximum Gasteiger partial charge on any atom is 0.343 e. The maximum absolute atomic E-state index is 11.3. The fraction of sp³-hybridized carbons (Fsp3) is 0.167. The van der Waals surface area contributed by atoms with Gasteiger partial charge in [-0.15, -0.1) is 11.8 Å². The fourth-order valence-electron chi connectivity index (χ4n) is 1.79. The number of aromatic nitrogens is 1. The summed E-state index contributed by atoms with van der Waals surface area (Å²) in [5.74, 6) is -1.01. The van der Waals surface area contributed by atoms with Crippen LogP contribution in [0.25, 0.3) is 0 Å². The smallest absolute Gasteiger partial charge is 0.343 e. The number of benzene rings is 1. The van der Waals surface area contributed by atoms with E-state index in [2.05, 4.69) is 4.98 Å². The van der Waals surface area contributed by atoms with Crippen molar-refractivity contribution in [3.63, 3.8) is 0 Å². The monoisotopic (exact) mass is 325 g/mol. The molecule has 0 spiro atoms. The van der Waals surface area contributed by atoms with E-state index < -0.39 is 16.6 Å². The molecule has 2 aromatic rings. The van der Waals surface area contributed by atoms with Crippen LogP contribution in [0.5, 0.6) is 0 Å². The van der Waals surface area contributed by atoms with Crippen LogP contribution in [-0.2, 0) is 5.75 Å². The summed E-state index contributed by atoms with van der Waals surface area (Å²) in [5, 5.41) is 20.6. The number of thioether (sulfide) groups is 1. The van der Waals surface area contributed by atoms with Crippen molar-refractivity contribution in [1.29, 1.82) is 0 Å². The molecule has 0 saturated carbocycles. The van der Waals surface area contributed by atoms with E-state index in [1.54, 1.807) is 13.0 Å². The Morgan fingerprint density at radius 3 is 2.81 bits per heavy atom.